The van der Waals surface area contributed by atoms with Crippen molar-refractivity contribution in [2.75, 3.05) is 17.2 Å². The number of aryl methyl sites for hydroxylation is 2. The highest BCUT2D eigenvalue weighted by Crippen LogP contribution is 2.10. The average Bonchev–Trinajstić information content (AvgIpc) is 2.62. The molecule has 0 saturated heterocycles. The maximum absolute atomic E-state index is 11.8. The first-order chi connectivity index (χ1) is 12.4. The highest BCUT2D eigenvalue weighted by atomic mass is 16.5. The Morgan fingerprint density at radius 1 is 0.731 bits per heavy atom. The Kier molecular flexibility index (Phi) is 6.91. The Labute approximate surface area is 152 Å². The number of hydrogen-bond acceptors (Lipinski definition) is 4. The van der Waals surface area contributed by atoms with Gasteiger partial charge in [0, 0.05) is 17.8 Å². The molecule has 0 aliphatic rings. The van der Waals surface area contributed by atoms with E-state index < -0.39 is 11.9 Å². The number of rotatable bonds is 7. The molecule has 2 aromatic carbocycles. The number of nitrogens with one attached hydrogen (secondary N) is 2. The zero-order valence-corrected chi connectivity index (χ0v) is 14.9. The SMILES string of the molecule is Cc1ccc(NC(=O)CCC(=O)OCC(=O)Nc2ccc(C)cc2)cc1. The van der Waals surface area contributed by atoms with Crippen molar-refractivity contribution in [3.8, 4) is 0 Å². The minimum Gasteiger partial charge on any atom is -0.456 e. The number of hydrogen-bond donors (Lipinski definition) is 2. The fourth-order valence-corrected chi connectivity index (χ4v) is 2.13. The van der Waals surface area contributed by atoms with E-state index in [1.54, 1.807) is 24.3 Å². The van der Waals surface area contributed by atoms with E-state index in [4.69, 9.17) is 4.74 Å². The Bertz CT molecular complexity index is 702. The molecule has 0 aromatic heterocycles. The second kappa shape index (κ2) is 9.36. The zero-order valence-electron chi connectivity index (χ0n) is 14.9. The van der Waals surface area contributed by atoms with Gasteiger partial charge in [-0.1, -0.05) is 35.4 Å². The molecule has 0 atom stereocenters. The van der Waals surface area contributed by atoms with Crippen molar-refractivity contribution >= 4 is 29.2 Å². The molecule has 6 heteroatoms. The average molecular weight is 354 g/mol. The molecule has 0 fully saturated rings. The van der Waals surface area contributed by atoms with Gasteiger partial charge in [0.15, 0.2) is 6.61 Å². The fraction of sp³-hybridized carbons (Fsp3) is 0.250. The summed E-state index contributed by atoms with van der Waals surface area (Å²) in [5, 5.41) is 5.33. The van der Waals surface area contributed by atoms with Crippen LogP contribution in [0.15, 0.2) is 48.5 Å². The zero-order chi connectivity index (χ0) is 18.9. The van der Waals surface area contributed by atoms with Crippen LogP contribution in [0.3, 0.4) is 0 Å². The molecule has 0 aliphatic carbocycles. The predicted molar refractivity (Wildman–Crippen MR) is 99.8 cm³/mol. The van der Waals surface area contributed by atoms with Crippen LogP contribution in [-0.4, -0.2) is 24.4 Å². The molecule has 6 nitrogen and oxygen atoms in total. The minimum absolute atomic E-state index is 0.00765. The lowest BCUT2D eigenvalue weighted by Gasteiger charge is -2.07. The molecule has 136 valence electrons. The topological polar surface area (TPSA) is 84.5 Å². The Hall–Kier alpha value is -3.15. The van der Waals surface area contributed by atoms with Gasteiger partial charge in [0.05, 0.1) is 6.42 Å². The van der Waals surface area contributed by atoms with Gasteiger partial charge in [-0.2, -0.15) is 0 Å². The van der Waals surface area contributed by atoms with Gasteiger partial charge in [0.25, 0.3) is 5.91 Å². The highest BCUT2D eigenvalue weighted by molar-refractivity contribution is 5.94. The number of benzene rings is 2. The summed E-state index contributed by atoms with van der Waals surface area (Å²) in [6, 6.07) is 14.6. The van der Waals surface area contributed by atoms with Gasteiger partial charge in [-0.05, 0) is 38.1 Å². The van der Waals surface area contributed by atoms with Gasteiger partial charge in [-0.25, -0.2) is 0 Å². The largest absolute Gasteiger partial charge is 0.456 e. The summed E-state index contributed by atoms with van der Waals surface area (Å²) in [5.74, 6) is -1.30. The third-order valence-corrected chi connectivity index (χ3v) is 3.59. The van der Waals surface area contributed by atoms with Crippen molar-refractivity contribution in [2.24, 2.45) is 0 Å². The fourth-order valence-electron chi connectivity index (χ4n) is 2.13. The Balaban J connectivity index is 1.66. The summed E-state index contributed by atoms with van der Waals surface area (Å²) in [4.78, 5) is 35.2. The second-order valence-corrected chi connectivity index (χ2v) is 5.99. The van der Waals surface area contributed by atoms with Crippen molar-refractivity contribution in [2.45, 2.75) is 26.7 Å². The molecular weight excluding hydrogens is 332 g/mol. The highest BCUT2D eigenvalue weighted by Gasteiger charge is 2.11. The number of carbonyl (C=O) groups excluding carboxylic acids is 3. The van der Waals surface area contributed by atoms with Crippen LogP contribution in [0, 0.1) is 13.8 Å². The van der Waals surface area contributed by atoms with Crippen LogP contribution >= 0.6 is 0 Å². The summed E-state index contributed by atoms with van der Waals surface area (Å²) in [6.07, 6.45) is -0.0954. The van der Waals surface area contributed by atoms with Crippen LogP contribution < -0.4 is 10.6 Å². The molecule has 2 amide bonds. The van der Waals surface area contributed by atoms with Gasteiger partial charge in [0.1, 0.15) is 0 Å². The first-order valence-electron chi connectivity index (χ1n) is 8.31. The molecule has 26 heavy (non-hydrogen) atoms. The molecule has 0 radical (unpaired) electrons. The molecular formula is C20H22N2O4. The van der Waals surface area contributed by atoms with Gasteiger partial charge >= 0.3 is 5.97 Å². The van der Waals surface area contributed by atoms with Gasteiger partial charge in [0.2, 0.25) is 5.91 Å². The molecule has 0 heterocycles. The van der Waals surface area contributed by atoms with Crippen molar-refractivity contribution in [1.82, 2.24) is 0 Å². The van der Waals surface area contributed by atoms with E-state index >= 15 is 0 Å². The monoisotopic (exact) mass is 354 g/mol. The maximum atomic E-state index is 11.8. The first kappa shape index (κ1) is 19.2. The predicted octanol–water partition coefficient (Wildman–Crippen LogP) is 3.20. The van der Waals surface area contributed by atoms with Gasteiger partial charge < -0.3 is 15.4 Å². The van der Waals surface area contributed by atoms with E-state index in [-0.39, 0.29) is 25.4 Å². The maximum Gasteiger partial charge on any atom is 0.306 e. The Morgan fingerprint density at radius 3 is 1.69 bits per heavy atom. The summed E-state index contributed by atoms with van der Waals surface area (Å²) in [7, 11) is 0. The van der Waals surface area contributed by atoms with Crippen molar-refractivity contribution in [3.63, 3.8) is 0 Å². The minimum atomic E-state index is -0.594. The van der Waals surface area contributed by atoms with Crippen molar-refractivity contribution in [3.05, 3.63) is 59.7 Å². The number of ether oxygens (including phenoxy) is 1. The summed E-state index contributed by atoms with van der Waals surface area (Å²) < 4.78 is 4.89. The van der Waals surface area contributed by atoms with Crippen LogP contribution in [0.4, 0.5) is 11.4 Å². The van der Waals surface area contributed by atoms with E-state index in [1.165, 1.54) is 0 Å². The summed E-state index contributed by atoms with van der Waals surface area (Å²) >= 11 is 0. The number of carbonyl (C=O) groups is 3. The van der Waals surface area contributed by atoms with E-state index in [0.717, 1.165) is 11.1 Å². The quantitative estimate of drug-likeness (QED) is 0.748. The van der Waals surface area contributed by atoms with Crippen LogP contribution in [0.25, 0.3) is 0 Å². The summed E-state index contributed by atoms with van der Waals surface area (Å²) in [5.41, 5.74) is 3.48. The number of anilines is 2. The smallest absolute Gasteiger partial charge is 0.306 e. The molecule has 2 rings (SSSR count). The summed E-state index contributed by atoms with van der Waals surface area (Å²) in [6.45, 7) is 3.52. The van der Waals surface area contributed by atoms with E-state index in [9.17, 15) is 14.4 Å². The van der Waals surface area contributed by atoms with E-state index in [2.05, 4.69) is 10.6 Å². The lowest BCUT2D eigenvalue weighted by Crippen LogP contribution is -2.21. The lowest BCUT2D eigenvalue weighted by molar-refractivity contribution is -0.147. The molecule has 0 saturated carbocycles. The van der Waals surface area contributed by atoms with Crippen LogP contribution in [0.2, 0.25) is 0 Å². The number of esters is 1. The second-order valence-electron chi connectivity index (χ2n) is 5.99. The first-order valence-corrected chi connectivity index (χ1v) is 8.31. The molecule has 0 bridgehead atoms. The normalized spacial score (nSPS) is 10.1. The lowest BCUT2D eigenvalue weighted by atomic mass is 10.2. The number of amides is 2. The van der Waals surface area contributed by atoms with Crippen LogP contribution in [-0.2, 0) is 19.1 Å². The molecule has 0 aliphatic heterocycles. The Morgan fingerprint density at radius 2 is 1.19 bits per heavy atom. The molecule has 2 N–H and O–H groups in total. The van der Waals surface area contributed by atoms with Gasteiger partial charge in [-0.15, -0.1) is 0 Å². The molecule has 0 unspecified atom stereocenters. The van der Waals surface area contributed by atoms with Crippen molar-refractivity contribution in [1.29, 1.82) is 0 Å². The van der Waals surface area contributed by atoms with Crippen LogP contribution in [0.5, 0.6) is 0 Å². The van der Waals surface area contributed by atoms with Gasteiger partial charge in [-0.3, -0.25) is 14.4 Å². The molecule has 2 aromatic rings. The van der Waals surface area contributed by atoms with E-state index in [1.807, 2.05) is 38.1 Å². The third-order valence-electron chi connectivity index (χ3n) is 3.59. The van der Waals surface area contributed by atoms with E-state index in [0.29, 0.717) is 11.4 Å². The van der Waals surface area contributed by atoms with Crippen LogP contribution in [0.1, 0.15) is 24.0 Å². The molecule has 0 spiro atoms. The third kappa shape index (κ3) is 6.76. The standard InChI is InChI=1S/C20H22N2O4/c1-14-3-7-16(8-4-14)21-18(23)11-12-20(25)26-13-19(24)22-17-9-5-15(2)6-10-17/h3-10H,11-13H2,1-2H3,(H,21,23)(H,22,24). The van der Waals surface area contributed by atoms with Crippen molar-refractivity contribution < 1.29 is 19.1 Å².